The van der Waals surface area contributed by atoms with Gasteiger partial charge in [0.15, 0.2) is 11.6 Å². The second-order valence-corrected chi connectivity index (χ2v) is 12.4. The van der Waals surface area contributed by atoms with Crippen LogP contribution in [0.1, 0.15) is 57.6 Å². The van der Waals surface area contributed by atoms with E-state index in [-0.39, 0.29) is 35.6 Å². The summed E-state index contributed by atoms with van der Waals surface area (Å²) in [4.78, 5) is 55.4. The highest BCUT2D eigenvalue weighted by Gasteiger charge is 2.58. The molecule has 1 N–H and O–H groups in total. The zero-order valence-corrected chi connectivity index (χ0v) is 23.6. The molecule has 0 saturated carbocycles. The number of phenolic OH excluding ortho intramolecular Hbond substituents is 1. The number of allylic oxidation sites excluding steroid dienone is 6. The van der Waals surface area contributed by atoms with Gasteiger partial charge in [0.05, 0.1) is 11.8 Å². The quantitative estimate of drug-likeness (QED) is 0.319. The third-order valence-corrected chi connectivity index (χ3v) is 8.80. The van der Waals surface area contributed by atoms with Crippen molar-refractivity contribution >= 4 is 23.4 Å². The summed E-state index contributed by atoms with van der Waals surface area (Å²) in [6.45, 7) is 7.48. The second-order valence-electron chi connectivity index (χ2n) is 12.4. The fraction of sp³-hybridized carbons (Fsp3) is 0.353. The molecule has 0 aromatic heterocycles. The Morgan fingerprint density at radius 2 is 1.71 bits per heavy atom. The maximum atomic E-state index is 13.8. The van der Waals surface area contributed by atoms with Crippen LogP contribution in [0.4, 0.5) is 0 Å². The third-order valence-electron chi connectivity index (χ3n) is 8.80. The van der Waals surface area contributed by atoms with E-state index in [1.807, 2.05) is 57.2 Å². The number of carbonyl (C=O) groups is 4. The number of aromatic hydroxyl groups is 1. The fourth-order valence-corrected chi connectivity index (χ4v) is 6.98. The number of carbonyl (C=O) groups excluding carboxylic acids is 4. The molecule has 41 heavy (non-hydrogen) atoms. The molecule has 4 atom stereocenters. The average molecular weight is 552 g/mol. The Labute approximate surface area is 239 Å². The second kappa shape index (κ2) is 9.68. The Morgan fingerprint density at radius 3 is 2.39 bits per heavy atom. The number of likely N-dealkylation sites (tertiary alicyclic amines) is 1. The Hall–Kier alpha value is -4.26. The molecule has 7 heteroatoms. The normalized spacial score (nSPS) is 25.9. The highest BCUT2D eigenvalue weighted by Crippen LogP contribution is 2.56. The predicted molar refractivity (Wildman–Crippen MR) is 152 cm³/mol. The molecule has 2 amide bonds. The Balaban J connectivity index is 1.42. The molecule has 6 rings (SSSR count). The van der Waals surface area contributed by atoms with E-state index >= 15 is 0 Å². The van der Waals surface area contributed by atoms with E-state index in [1.54, 1.807) is 19.1 Å². The number of fused-ring (bicyclic) bond motifs is 3. The van der Waals surface area contributed by atoms with Crippen LogP contribution in [0, 0.1) is 17.8 Å². The molecule has 0 bridgehead atoms. The molecule has 1 heterocycles. The maximum Gasteiger partial charge on any atom is 0.234 e. The number of phenols is 1. The fourth-order valence-electron chi connectivity index (χ4n) is 6.98. The lowest BCUT2D eigenvalue weighted by Crippen LogP contribution is -2.46. The summed E-state index contributed by atoms with van der Waals surface area (Å²) in [6.07, 6.45) is 3.89. The van der Waals surface area contributed by atoms with E-state index in [0.29, 0.717) is 41.1 Å². The Morgan fingerprint density at radius 1 is 0.976 bits per heavy atom. The number of amides is 2. The molecule has 7 nitrogen and oxygen atoms in total. The summed E-state index contributed by atoms with van der Waals surface area (Å²) < 4.78 is 5.91. The van der Waals surface area contributed by atoms with Crippen LogP contribution in [0.5, 0.6) is 11.5 Å². The van der Waals surface area contributed by atoms with E-state index in [1.165, 1.54) is 17.0 Å². The number of rotatable bonds is 4. The summed E-state index contributed by atoms with van der Waals surface area (Å²) in [7, 11) is 0. The van der Waals surface area contributed by atoms with Gasteiger partial charge in [0.2, 0.25) is 11.8 Å². The first-order valence-electron chi connectivity index (χ1n) is 14.0. The van der Waals surface area contributed by atoms with Gasteiger partial charge in [-0.25, -0.2) is 0 Å². The van der Waals surface area contributed by atoms with Crippen molar-refractivity contribution in [3.05, 3.63) is 94.1 Å². The van der Waals surface area contributed by atoms with Crippen molar-refractivity contribution in [3.8, 4) is 11.5 Å². The van der Waals surface area contributed by atoms with Gasteiger partial charge in [-0.05, 0) is 64.2 Å². The van der Waals surface area contributed by atoms with Crippen LogP contribution in [0.15, 0.2) is 83.0 Å². The summed E-state index contributed by atoms with van der Waals surface area (Å²) in [5.74, 6) is -2.78. The number of hydrogen-bond donors (Lipinski definition) is 1. The van der Waals surface area contributed by atoms with Gasteiger partial charge in [-0.2, -0.15) is 0 Å². The van der Waals surface area contributed by atoms with Crippen LogP contribution in [-0.4, -0.2) is 38.9 Å². The molecule has 210 valence electrons. The lowest BCUT2D eigenvalue weighted by atomic mass is 9.59. The summed E-state index contributed by atoms with van der Waals surface area (Å²) >= 11 is 0. The minimum atomic E-state index is -0.709. The smallest absolute Gasteiger partial charge is 0.234 e. The summed E-state index contributed by atoms with van der Waals surface area (Å²) in [6, 6.07) is 14.7. The number of ether oxygens (including phenoxy) is 1. The molecular weight excluding hydrogens is 518 g/mol. The lowest BCUT2D eigenvalue weighted by Gasteiger charge is -2.42. The predicted octanol–water partition coefficient (Wildman–Crippen LogP) is 5.20. The van der Waals surface area contributed by atoms with Crippen LogP contribution in [0.2, 0.25) is 0 Å². The Bertz CT molecular complexity index is 1590. The van der Waals surface area contributed by atoms with E-state index in [4.69, 9.17) is 4.74 Å². The lowest BCUT2D eigenvalue weighted by molar-refractivity contribution is -0.145. The van der Waals surface area contributed by atoms with Crippen molar-refractivity contribution in [1.82, 2.24) is 4.90 Å². The molecule has 0 unspecified atom stereocenters. The number of Topliss-reactive ketones (excluding diaryl/α,β-unsaturated/α-hetero) is 1. The molecule has 0 radical (unpaired) electrons. The highest BCUT2D eigenvalue weighted by molar-refractivity contribution is 6.24. The van der Waals surface area contributed by atoms with Crippen LogP contribution >= 0.6 is 0 Å². The van der Waals surface area contributed by atoms with Gasteiger partial charge in [-0.15, -0.1) is 0 Å². The maximum absolute atomic E-state index is 13.8. The van der Waals surface area contributed by atoms with Crippen LogP contribution < -0.4 is 4.74 Å². The van der Waals surface area contributed by atoms with Crippen molar-refractivity contribution in [1.29, 1.82) is 0 Å². The van der Waals surface area contributed by atoms with Gasteiger partial charge in [-0.1, -0.05) is 48.0 Å². The van der Waals surface area contributed by atoms with E-state index in [2.05, 4.69) is 0 Å². The van der Waals surface area contributed by atoms with Crippen molar-refractivity contribution in [2.45, 2.75) is 58.6 Å². The Kier molecular flexibility index (Phi) is 6.36. The first-order valence-corrected chi connectivity index (χ1v) is 14.0. The van der Waals surface area contributed by atoms with Gasteiger partial charge in [-0.3, -0.25) is 24.1 Å². The first kappa shape index (κ1) is 26.9. The van der Waals surface area contributed by atoms with Gasteiger partial charge in [0, 0.05) is 39.8 Å². The minimum Gasteiger partial charge on any atom is -0.507 e. The van der Waals surface area contributed by atoms with E-state index in [0.717, 1.165) is 11.1 Å². The van der Waals surface area contributed by atoms with Crippen molar-refractivity contribution in [2.75, 3.05) is 0 Å². The van der Waals surface area contributed by atoms with Crippen molar-refractivity contribution < 1.29 is 29.0 Å². The molecule has 1 fully saturated rings. The SMILES string of the molecule is CC1=CC(=O)C2=C(C1=O)[C@@H](c1ccc(OCc3ccccc3)cc1O)C1=CC[C@@H]3C(=O)N(C(C)(C)C)C(=O)[C@@H]3[C@@H]1C2. The van der Waals surface area contributed by atoms with Crippen LogP contribution in [0.25, 0.3) is 0 Å². The minimum absolute atomic E-state index is 0.0614. The van der Waals surface area contributed by atoms with Crippen molar-refractivity contribution in [3.63, 3.8) is 0 Å². The molecule has 3 aliphatic carbocycles. The third kappa shape index (κ3) is 4.35. The molecule has 0 spiro atoms. The number of ketones is 2. The molecule has 1 aliphatic heterocycles. The zero-order valence-electron chi connectivity index (χ0n) is 23.6. The number of benzene rings is 2. The molecular formula is C34H33NO6. The summed E-state index contributed by atoms with van der Waals surface area (Å²) in [5.41, 5.74) is 2.66. The van der Waals surface area contributed by atoms with Crippen molar-refractivity contribution in [2.24, 2.45) is 17.8 Å². The largest absolute Gasteiger partial charge is 0.507 e. The molecule has 4 aliphatic rings. The van der Waals surface area contributed by atoms with E-state index < -0.39 is 29.2 Å². The number of hydrogen-bond acceptors (Lipinski definition) is 6. The number of nitrogens with zero attached hydrogens (tertiary/aromatic N) is 1. The van der Waals surface area contributed by atoms with E-state index in [9.17, 15) is 24.3 Å². The monoisotopic (exact) mass is 551 g/mol. The average Bonchev–Trinajstić information content (AvgIpc) is 3.20. The molecule has 2 aromatic rings. The van der Waals surface area contributed by atoms with Crippen LogP contribution in [-0.2, 0) is 25.8 Å². The van der Waals surface area contributed by atoms with Gasteiger partial charge in [0.25, 0.3) is 0 Å². The van der Waals surface area contributed by atoms with Gasteiger partial charge in [0.1, 0.15) is 18.1 Å². The molecule has 2 aromatic carbocycles. The summed E-state index contributed by atoms with van der Waals surface area (Å²) in [5, 5.41) is 11.3. The molecule has 1 saturated heterocycles. The first-order chi connectivity index (χ1) is 19.5. The standard InChI is InChI=1S/C34H33NO6/c1-18-14-26(36)25-16-24-21(12-13-23-29(24)33(40)35(32(23)39)34(2,3)4)28(30(25)31(18)38)22-11-10-20(15-27(22)37)41-17-19-8-6-5-7-9-19/h5-12,14-15,23-24,28-29,37H,13,16-17H2,1-4H3/t23-,24+,28+,29-/m0/s1. The highest BCUT2D eigenvalue weighted by atomic mass is 16.5. The number of imide groups is 1. The van der Waals surface area contributed by atoms with Gasteiger partial charge < -0.3 is 9.84 Å². The topological polar surface area (TPSA) is 101 Å². The van der Waals surface area contributed by atoms with Crippen LogP contribution in [0.3, 0.4) is 0 Å². The van der Waals surface area contributed by atoms with Gasteiger partial charge >= 0.3 is 0 Å². The zero-order chi connectivity index (χ0) is 29.2.